The number of nitrogens with zero attached hydrogens (tertiary/aromatic N) is 2. The Bertz CT molecular complexity index is 1560. The highest BCUT2D eigenvalue weighted by Crippen LogP contribution is 2.44. The highest BCUT2D eigenvalue weighted by Gasteiger charge is 2.44. The first-order valence-corrected chi connectivity index (χ1v) is 13.8. The number of fused-ring (bicyclic) bond motifs is 3. The summed E-state index contributed by atoms with van der Waals surface area (Å²) in [7, 11) is 0. The molecule has 3 aliphatic rings. The van der Waals surface area contributed by atoms with Crippen LogP contribution in [0.25, 0.3) is 11.1 Å². The zero-order valence-corrected chi connectivity index (χ0v) is 22.6. The van der Waals surface area contributed by atoms with Gasteiger partial charge in [0.2, 0.25) is 40.7 Å². The summed E-state index contributed by atoms with van der Waals surface area (Å²) < 4.78 is 79.1. The van der Waals surface area contributed by atoms with Crippen molar-refractivity contribution in [2.24, 2.45) is 0 Å². The minimum Gasteiger partial charge on any atom is -0.448 e. The highest BCUT2D eigenvalue weighted by atomic mass is 19.2. The predicted molar refractivity (Wildman–Crippen MR) is 141 cm³/mol. The van der Waals surface area contributed by atoms with Gasteiger partial charge in [-0.2, -0.15) is 8.78 Å². The molecule has 0 aromatic heterocycles. The quantitative estimate of drug-likeness (QED) is 0.124. The van der Waals surface area contributed by atoms with E-state index < -0.39 is 64.9 Å². The van der Waals surface area contributed by atoms with E-state index in [9.17, 15) is 36.3 Å². The summed E-state index contributed by atoms with van der Waals surface area (Å²) in [5, 5.41) is 0. The summed E-state index contributed by atoms with van der Waals surface area (Å²) in [6.45, 7) is 0.357. The van der Waals surface area contributed by atoms with Crippen molar-refractivity contribution in [2.45, 2.75) is 43.7 Å². The van der Waals surface area contributed by atoms with Gasteiger partial charge in [0.15, 0.2) is 0 Å². The molecule has 3 aromatic carbocycles. The molecule has 2 heterocycles. The Morgan fingerprint density at radius 3 is 1.81 bits per heavy atom. The molecule has 3 aromatic rings. The second kappa shape index (κ2) is 11.3. The zero-order chi connectivity index (χ0) is 30.4. The number of ether oxygens (including phenoxy) is 2. The van der Waals surface area contributed by atoms with Crippen molar-refractivity contribution >= 4 is 18.0 Å². The third-order valence-corrected chi connectivity index (χ3v) is 8.29. The zero-order valence-electron chi connectivity index (χ0n) is 22.6. The molecule has 0 spiro atoms. The Kier molecular flexibility index (Phi) is 7.53. The summed E-state index contributed by atoms with van der Waals surface area (Å²) in [6, 6.07) is 13.4. The summed E-state index contributed by atoms with van der Waals surface area (Å²) in [5.41, 5.74) is 4.17. The number of hydrogen-bond acceptors (Lipinski definition) is 5. The molecule has 0 radical (unpaired) electrons. The van der Waals surface area contributed by atoms with Gasteiger partial charge in [-0.05, 0) is 47.9 Å². The summed E-state index contributed by atoms with van der Waals surface area (Å²) in [5.74, 6) is -15.4. The lowest BCUT2D eigenvalue weighted by molar-refractivity contribution is -0.148. The average Bonchev–Trinajstić information content (AvgIpc) is 3.78. The van der Waals surface area contributed by atoms with Crippen molar-refractivity contribution in [3.8, 4) is 16.9 Å². The number of carbonyl (C=O) groups excluding carboxylic acids is 3. The normalized spacial score (nSPS) is 19.4. The van der Waals surface area contributed by atoms with E-state index in [1.165, 1.54) is 4.90 Å². The number of amides is 2. The maximum absolute atomic E-state index is 14.1. The molecule has 1 aliphatic carbocycles. The number of esters is 1. The molecule has 2 saturated heterocycles. The van der Waals surface area contributed by atoms with Crippen LogP contribution in [0.4, 0.5) is 26.7 Å². The van der Waals surface area contributed by atoms with Gasteiger partial charge in [-0.3, -0.25) is 9.69 Å². The minimum absolute atomic E-state index is 0.0393. The molecular formula is C31H25F5N2O5. The number of likely N-dealkylation sites (tertiary alicyclic amines) is 2. The molecule has 2 amide bonds. The molecule has 7 nitrogen and oxygen atoms in total. The largest absolute Gasteiger partial charge is 0.448 e. The molecular weight excluding hydrogens is 575 g/mol. The third-order valence-electron chi connectivity index (χ3n) is 8.29. The maximum Gasteiger partial charge on any atom is 0.410 e. The number of carbonyl (C=O) groups is 3. The van der Waals surface area contributed by atoms with Crippen molar-refractivity contribution in [1.82, 2.24) is 9.80 Å². The lowest BCUT2D eigenvalue weighted by atomic mass is 9.98. The van der Waals surface area contributed by atoms with Crippen LogP contribution in [0.3, 0.4) is 0 Å². The Morgan fingerprint density at radius 2 is 1.21 bits per heavy atom. The number of halogens is 5. The van der Waals surface area contributed by atoms with Gasteiger partial charge in [0.25, 0.3) is 0 Å². The molecule has 12 heteroatoms. The van der Waals surface area contributed by atoms with Gasteiger partial charge in [0.1, 0.15) is 18.7 Å². The molecule has 0 N–H and O–H groups in total. The first kappa shape index (κ1) is 28.6. The molecule has 2 aliphatic heterocycles. The first-order chi connectivity index (χ1) is 20.7. The topological polar surface area (TPSA) is 76.2 Å². The average molecular weight is 601 g/mol. The monoisotopic (exact) mass is 600 g/mol. The van der Waals surface area contributed by atoms with Crippen molar-refractivity contribution in [2.75, 3.05) is 19.7 Å². The lowest BCUT2D eigenvalue weighted by Gasteiger charge is -2.30. The van der Waals surface area contributed by atoms with Crippen molar-refractivity contribution in [1.29, 1.82) is 0 Å². The molecule has 43 heavy (non-hydrogen) atoms. The van der Waals surface area contributed by atoms with Gasteiger partial charge in [0.05, 0.1) is 0 Å². The van der Waals surface area contributed by atoms with Crippen LogP contribution < -0.4 is 4.74 Å². The molecule has 2 atom stereocenters. The van der Waals surface area contributed by atoms with Crippen LogP contribution in [0.2, 0.25) is 0 Å². The Hall–Kier alpha value is -4.48. The molecule has 0 unspecified atom stereocenters. The van der Waals surface area contributed by atoms with E-state index in [1.807, 2.05) is 48.5 Å². The van der Waals surface area contributed by atoms with E-state index in [0.29, 0.717) is 19.3 Å². The van der Waals surface area contributed by atoms with Gasteiger partial charge < -0.3 is 14.4 Å². The predicted octanol–water partition coefficient (Wildman–Crippen LogP) is 5.69. The second-order valence-electron chi connectivity index (χ2n) is 10.7. The van der Waals surface area contributed by atoms with Gasteiger partial charge in [-0.25, -0.2) is 22.8 Å². The van der Waals surface area contributed by atoms with Crippen molar-refractivity contribution in [3.05, 3.63) is 88.7 Å². The van der Waals surface area contributed by atoms with Crippen LogP contribution in [0.1, 0.15) is 42.7 Å². The van der Waals surface area contributed by atoms with E-state index >= 15 is 0 Å². The SMILES string of the molecule is O=C(Oc1c(F)c(F)c(F)c(F)c1F)[C@@H]1CCCN1C(=O)[C@@H]1CCCN1C(=O)OCC1c2ccccc2-c2ccccc21. The summed E-state index contributed by atoms with van der Waals surface area (Å²) in [4.78, 5) is 42.0. The summed E-state index contributed by atoms with van der Waals surface area (Å²) >= 11 is 0. The molecule has 0 saturated carbocycles. The standard InChI is InChI=1S/C31H25F5N2O5/c32-23-24(33)26(35)28(27(36)25(23)34)43-30(40)22-12-6-13-37(22)29(39)21-11-5-14-38(21)31(41)42-15-20-18-9-3-1-7-16(18)17-8-2-4-10-19(17)20/h1-4,7-10,20-22H,5-6,11-15H2/t21-,22-/m0/s1. The number of hydrogen-bond donors (Lipinski definition) is 0. The van der Waals surface area contributed by atoms with Crippen LogP contribution in [0, 0.1) is 29.1 Å². The van der Waals surface area contributed by atoms with Crippen LogP contribution in [-0.4, -0.2) is 59.5 Å². The van der Waals surface area contributed by atoms with E-state index in [4.69, 9.17) is 4.74 Å². The second-order valence-corrected chi connectivity index (χ2v) is 10.7. The van der Waals surface area contributed by atoms with Crippen molar-refractivity contribution in [3.63, 3.8) is 0 Å². The Balaban J connectivity index is 1.14. The molecule has 2 fully saturated rings. The Morgan fingerprint density at radius 1 is 0.698 bits per heavy atom. The van der Waals surface area contributed by atoms with Crippen LogP contribution in [0.5, 0.6) is 5.75 Å². The van der Waals surface area contributed by atoms with Crippen LogP contribution >= 0.6 is 0 Å². The highest BCUT2D eigenvalue weighted by molar-refractivity contribution is 5.91. The Labute approximate surface area is 242 Å². The van der Waals surface area contributed by atoms with Gasteiger partial charge in [0, 0.05) is 19.0 Å². The van der Waals surface area contributed by atoms with Crippen LogP contribution in [-0.2, 0) is 14.3 Å². The lowest BCUT2D eigenvalue weighted by Crippen LogP contribution is -2.51. The van der Waals surface area contributed by atoms with E-state index in [1.54, 1.807) is 0 Å². The fraction of sp³-hybridized carbons (Fsp3) is 0.323. The fourth-order valence-corrected chi connectivity index (χ4v) is 6.23. The van der Waals surface area contributed by atoms with E-state index in [2.05, 4.69) is 4.74 Å². The molecule has 0 bridgehead atoms. The van der Waals surface area contributed by atoms with Gasteiger partial charge in [-0.15, -0.1) is 0 Å². The number of rotatable bonds is 5. The maximum atomic E-state index is 14.1. The third kappa shape index (κ3) is 4.88. The smallest absolute Gasteiger partial charge is 0.410 e. The van der Waals surface area contributed by atoms with E-state index in [0.717, 1.165) is 27.2 Å². The first-order valence-electron chi connectivity index (χ1n) is 13.8. The van der Waals surface area contributed by atoms with Crippen LogP contribution in [0.15, 0.2) is 48.5 Å². The molecule has 6 rings (SSSR count). The number of benzene rings is 3. The van der Waals surface area contributed by atoms with Gasteiger partial charge >= 0.3 is 12.1 Å². The van der Waals surface area contributed by atoms with Crippen molar-refractivity contribution < 1.29 is 45.8 Å². The fourth-order valence-electron chi connectivity index (χ4n) is 6.23. The summed E-state index contributed by atoms with van der Waals surface area (Å²) in [6.07, 6.45) is 0.447. The molecule has 224 valence electrons. The van der Waals surface area contributed by atoms with E-state index in [-0.39, 0.29) is 32.0 Å². The van der Waals surface area contributed by atoms with Gasteiger partial charge in [-0.1, -0.05) is 48.5 Å². The minimum atomic E-state index is -2.39.